The summed E-state index contributed by atoms with van der Waals surface area (Å²) in [4.78, 5) is 22.6. The molecule has 4 N–H and O–H groups in total. The van der Waals surface area contributed by atoms with Gasteiger partial charge in [-0.25, -0.2) is 9.59 Å². The van der Waals surface area contributed by atoms with E-state index in [1.165, 1.54) is 0 Å². The maximum Gasteiger partial charge on any atom is 0.337 e. The molecule has 128 valence electrons. The minimum absolute atomic E-state index is 0.323. The number of aliphatic hydroxyl groups is 1. The van der Waals surface area contributed by atoms with Gasteiger partial charge in [-0.2, -0.15) is 0 Å². The molecular weight excluding hydrogens is 304 g/mol. The van der Waals surface area contributed by atoms with Gasteiger partial charge < -0.3 is 30.3 Å². The van der Waals surface area contributed by atoms with Crippen LogP contribution in [-0.2, 0) is 9.53 Å². The molecule has 0 bridgehead atoms. The van der Waals surface area contributed by atoms with Crippen molar-refractivity contribution in [3.63, 3.8) is 0 Å². The second kappa shape index (κ2) is 8.35. The Morgan fingerprint density at radius 2 is 2.00 bits per heavy atom. The van der Waals surface area contributed by atoms with Crippen molar-refractivity contribution in [1.82, 2.24) is 5.32 Å². The standard InChI is InChI=1S/C15H22N2O6/c1-10-4-5-11(12(8-10)23-7-6-22-3)17-14(20)16-9-15(2,21)13(18)19/h4-5,8,21H,6-7,9H2,1-3H3,(H,18,19)(H2,16,17,20). The first-order valence-corrected chi connectivity index (χ1v) is 6.99. The molecule has 0 aliphatic carbocycles. The van der Waals surface area contributed by atoms with E-state index >= 15 is 0 Å². The van der Waals surface area contributed by atoms with Gasteiger partial charge in [-0.3, -0.25) is 0 Å². The van der Waals surface area contributed by atoms with Gasteiger partial charge in [0.15, 0.2) is 5.60 Å². The number of urea groups is 1. The van der Waals surface area contributed by atoms with E-state index in [-0.39, 0.29) is 0 Å². The topological polar surface area (TPSA) is 117 Å². The Balaban J connectivity index is 2.68. The summed E-state index contributed by atoms with van der Waals surface area (Å²) in [6.07, 6.45) is 0. The molecule has 0 spiro atoms. The lowest BCUT2D eigenvalue weighted by molar-refractivity contribution is -0.155. The van der Waals surface area contributed by atoms with Crippen LogP contribution in [0.1, 0.15) is 12.5 Å². The molecule has 0 saturated heterocycles. The van der Waals surface area contributed by atoms with E-state index < -0.39 is 24.1 Å². The molecule has 23 heavy (non-hydrogen) atoms. The van der Waals surface area contributed by atoms with Crippen molar-refractivity contribution < 1.29 is 29.3 Å². The number of hydrogen-bond donors (Lipinski definition) is 4. The minimum atomic E-state index is -2.04. The summed E-state index contributed by atoms with van der Waals surface area (Å²) in [6.45, 7) is 3.28. The molecule has 8 nitrogen and oxygen atoms in total. The molecule has 8 heteroatoms. The smallest absolute Gasteiger partial charge is 0.337 e. The van der Waals surface area contributed by atoms with Crippen LogP contribution in [0.4, 0.5) is 10.5 Å². The Labute approximate surface area is 134 Å². The van der Waals surface area contributed by atoms with Crippen molar-refractivity contribution in [3.05, 3.63) is 23.8 Å². The van der Waals surface area contributed by atoms with Crippen molar-refractivity contribution in [2.24, 2.45) is 0 Å². The van der Waals surface area contributed by atoms with E-state index in [1.54, 1.807) is 25.3 Å². The summed E-state index contributed by atoms with van der Waals surface area (Å²) in [5.41, 5.74) is -0.654. The quantitative estimate of drug-likeness (QED) is 0.529. The molecule has 0 heterocycles. The van der Waals surface area contributed by atoms with Crippen LogP contribution in [0.3, 0.4) is 0 Å². The molecule has 0 aromatic heterocycles. The molecule has 1 aromatic carbocycles. The second-order valence-corrected chi connectivity index (χ2v) is 5.23. The van der Waals surface area contributed by atoms with Crippen LogP contribution in [0, 0.1) is 6.92 Å². The maximum atomic E-state index is 11.8. The summed E-state index contributed by atoms with van der Waals surface area (Å²) in [7, 11) is 1.56. The number of carbonyl (C=O) groups is 2. The number of anilines is 1. The zero-order chi connectivity index (χ0) is 17.5. The van der Waals surface area contributed by atoms with Gasteiger partial charge in [0.1, 0.15) is 12.4 Å². The molecule has 1 rings (SSSR count). The van der Waals surface area contributed by atoms with Gasteiger partial charge in [-0.05, 0) is 31.5 Å². The van der Waals surface area contributed by atoms with Crippen LogP contribution in [0.2, 0.25) is 0 Å². The molecule has 0 aliphatic rings. The van der Waals surface area contributed by atoms with Gasteiger partial charge in [0, 0.05) is 7.11 Å². The lowest BCUT2D eigenvalue weighted by Gasteiger charge is -2.19. The number of amides is 2. The number of methoxy groups -OCH3 is 1. The molecule has 2 amide bonds. The van der Waals surface area contributed by atoms with Crippen LogP contribution >= 0.6 is 0 Å². The predicted molar refractivity (Wildman–Crippen MR) is 83.8 cm³/mol. The number of hydrogen-bond acceptors (Lipinski definition) is 5. The fraction of sp³-hybridized carbons (Fsp3) is 0.467. The summed E-state index contributed by atoms with van der Waals surface area (Å²) in [6, 6.07) is 4.59. The first-order chi connectivity index (χ1) is 10.8. The van der Waals surface area contributed by atoms with E-state index in [9.17, 15) is 14.7 Å². The average molecular weight is 326 g/mol. The van der Waals surface area contributed by atoms with Gasteiger partial charge in [0.05, 0.1) is 18.8 Å². The van der Waals surface area contributed by atoms with Crippen molar-refractivity contribution in [2.75, 3.05) is 32.2 Å². The third-order valence-electron chi connectivity index (χ3n) is 2.98. The van der Waals surface area contributed by atoms with Crippen LogP contribution < -0.4 is 15.4 Å². The normalized spacial score (nSPS) is 13.0. The lowest BCUT2D eigenvalue weighted by atomic mass is 10.1. The Morgan fingerprint density at radius 3 is 2.61 bits per heavy atom. The molecule has 1 unspecified atom stereocenters. The molecule has 0 fully saturated rings. The second-order valence-electron chi connectivity index (χ2n) is 5.23. The number of carboxylic acid groups (broad SMARTS) is 1. The van der Waals surface area contributed by atoms with Crippen LogP contribution in [0.5, 0.6) is 5.75 Å². The highest BCUT2D eigenvalue weighted by Crippen LogP contribution is 2.25. The van der Waals surface area contributed by atoms with Gasteiger partial charge in [-0.1, -0.05) is 6.07 Å². The fourth-order valence-corrected chi connectivity index (χ4v) is 1.58. The number of carbonyl (C=O) groups excluding carboxylic acids is 1. The monoisotopic (exact) mass is 326 g/mol. The van der Waals surface area contributed by atoms with E-state index in [4.69, 9.17) is 14.6 Å². The van der Waals surface area contributed by atoms with E-state index in [2.05, 4.69) is 10.6 Å². The maximum absolute atomic E-state index is 11.8. The minimum Gasteiger partial charge on any atom is -0.489 e. The van der Waals surface area contributed by atoms with Crippen molar-refractivity contribution >= 4 is 17.7 Å². The van der Waals surface area contributed by atoms with Gasteiger partial charge in [0.25, 0.3) is 0 Å². The molecule has 1 aromatic rings. The Hall–Kier alpha value is -2.32. The van der Waals surface area contributed by atoms with E-state index in [1.807, 2.05) is 6.92 Å². The highest BCUT2D eigenvalue weighted by atomic mass is 16.5. The number of ether oxygens (including phenoxy) is 2. The number of aliphatic carboxylic acids is 1. The van der Waals surface area contributed by atoms with E-state index in [0.29, 0.717) is 24.7 Å². The van der Waals surface area contributed by atoms with Crippen LogP contribution in [0.25, 0.3) is 0 Å². The Kier molecular flexibility index (Phi) is 6.80. The molecule has 1 atom stereocenters. The molecular formula is C15H22N2O6. The Bertz CT molecular complexity index is 559. The zero-order valence-electron chi connectivity index (χ0n) is 13.4. The van der Waals surface area contributed by atoms with Crippen molar-refractivity contribution in [1.29, 1.82) is 0 Å². The number of nitrogens with one attached hydrogen (secondary N) is 2. The van der Waals surface area contributed by atoms with Crippen molar-refractivity contribution in [2.45, 2.75) is 19.4 Å². The highest BCUT2D eigenvalue weighted by Gasteiger charge is 2.30. The summed E-state index contributed by atoms with van der Waals surface area (Å²) in [5.74, 6) is -0.945. The highest BCUT2D eigenvalue weighted by molar-refractivity contribution is 5.91. The summed E-state index contributed by atoms with van der Waals surface area (Å²) in [5, 5.41) is 23.2. The van der Waals surface area contributed by atoms with Crippen LogP contribution in [0.15, 0.2) is 18.2 Å². The fourth-order valence-electron chi connectivity index (χ4n) is 1.58. The van der Waals surface area contributed by atoms with Gasteiger partial charge >= 0.3 is 12.0 Å². The lowest BCUT2D eigenvalue weighted by Crippen LogP contribution is -2.47. The first-order valence-electron chi connectivity index (χ1n) is 6.99. The van der Waals surface area contributed by atoms with Crippen LogP contribution in [-0.4, -0.2) is 54.7 Å². The number of benzene rings is 1. The number of rotatable bonds is 8. The van der Waals surface area contributed by atoms with Crippen molar-refractivity contribution in [3.8, 4) is 5.75 Å². The largest absolute Gasteiger partial charge is 0.489 e. The summed E-state index contributed by atoms with van der Waals surface area (Å²) >= 11 is 0. The van der Waals surface area contributed by atoms with Gasteiger partial charge in [-0.15, -0.1) is 0 Å². The van der Waals surface area contributed by atoms with Gasteiger partial charge in [0.2, 0.25) is 0 Å². The summed E-state index contributed by atoms with van der Waals surface area (Å²) < 4.78 is 10.4. The number of aryl methyl sites for hydroxylation is 1. The molecule has 0 aliphatic heterocycles. The third-order valence-corrected chi connectivity index (χ3v) is 2.98. The SMILES string of the molecule is COCCOc1cc(C)ccc1NC(=O)NCC(C)(O)C(=O)O. The first kappa shape index (κ1) is 18.7. The van der Waals surface area contributed by atoms with E-state index in [0.717, 1.165) is 12.5 Å². The molecule has 0 radical (unpaired) electrons. The number of carboxylic acids is 1. The third kappa shape index (κ3) is 6.13. The molecule has 0 saturated carbocycles. The predicted octanol–water partition coefficient (Wildman–Crippen LogP) is 0.977. The Morgan fingerprint density at radius 1 is 1.30 bits per heavy atom. The zero-order valence-corrected chi connectivity index (χ0v) is 13.4. The average Bonchev–Trinajstić information content (AvgIpc) is 2.48.